The van der Waals surface area contributed by atoms with Crippen LogP contribution in [0.4, 0.5) is 5.69 Å². The van der Waals surface area contributed by atoms with Crippen LogP contribution in [-0.4, -0.2) is 37.3 Å². The first-order valence-corrected chi connectivity index (χ1v) is 8.03. The van der Waals surface area contributed by atoms with Crippen LogP contribution in [0.25, 0.3) is 0 Å². The molecule has 1 atom stereocenters. The molecule has 0 aliphatic carbocycles. The van der Waals surface area contributed by atoms with Crippen LogP contribution in [0.5, 0.6) is 0 Å². The van der Waals surface area contributed by atoms with E-state index in [1.165, 1.54) is 11.8 Å². The highest BCUT2D eigenvalue weighted by atomic mass is 32.2. The standard InChI is InChI=1S/C13H20N2O3S/c1-4-15(13(16)10(2)19(3,17)18)9-11-6-5-7-12(14)8-11/h5-8,10H,4,9,14H2,1-3H3. The fourth-order valence-corrected chi connectivity index (χ4v) is 2.21. The summed E-state index contributed by atoms with van der Waals surface area (Å²) in [4.78, 5) is 13.6. The molecule has 0 saturated heterocycles. The third-order valence-electron chi connectivity index (χ3n) is 3.01. The lowest BCUT2D eigenvalue weighted by atomic mass is 10.2. The third-order valence-corrected chi connectivity index (χ3v) is 4.49. The van der Waals surface area contributed by atoms with Crippen molar-refractivity contribution in [1.29, 1.82) is 0 Å². The predicted molar refractivity (Wildman–Crippen MR) is 76.3 cm³/mol. The van der Waals surface area contributed by atoms with Crippen molar-refractivity contribution >= 4 is 21.4 Å². The third kappa shape index (κ3) is 4.24. The van der Waals surface area contributed by atoms with Crippen molar-refractivity contribution in [3.63, 3.8) is 0 Å². The molecule has 0 radical (unpaired) electrons. The molecule has 106 valence electrons. The number of anilines is 1. The molecule has 1 amide bonds. The minimum atomic E-state index is -3.37. The monoisotopic (exact) mass is 284 g/mol. The zero-order valence-corrected chi connectivity index (χ0v) is 12.3. The number of hydrogen-bond acceptors (Lipinski definition) is 4. The number of nitrogens with zero attached hydrogens (tertiary/aromatic N) is 1. The van der Waals surface area contributed by atoms with Crippen molar-refractivity contribution in [2.75, 3.05) is 18.5 Å². The maximum Gasteiger partial charge on any atom is 0.240 e. The molecule has 0 spiro atoms. The van der Waals surface area contributed by atoms with Gasteiger partial charge >= 0.3 is 0 Å². The van der Waals surface area contributed by atoms with Gasteiger partial charge in [-0.15, -0.1) is 0 Å². The predicted octanol–water partition coefficient (Wildman–Crippen LogP) is 1.05. The molecule has 0 heterocycles. The fraction of sp³-hybridized carbons (Fsp3) is 0.462. The van der Waals surface area contributed by atoms with Crippen LogP contribution in [0.2, 0.25) is 0 Å². The van der Waals surface area contributed by atoms with Crippen LogP contribution in [0.15, 0.2) is 24.3 Å². The SMILES string of the molecule is CCN(Cc1cccc(N)c1)C(=O)C(C)S(C)(=O)=O. The number of amides is 1. The Morgan fingerprint density at radius 2 is 2.05 bits per heavy atom. The number of carbonyl (C=O) groups is 1. The normalized spacial score (nSPS) is 13.0. The Bertz CT molecular complexity index is 555. The highest BCUT2D eigenvalue weighted by Crippen LogP contribution is 2.12. The summed E-state index contributed by atoms with van der Waals surface area (Å²) < 4.78 is 22.9. The molecule has 0 bridgehead atoms. The van der Waals surface area contributed by atoms with Crippen LogP contribution in [0.3, 0.4) is 0 Å². The van der Waals surface area contributed by atoms with E-state index in [-0.39, 0.29) is 5.91 Å². The number of rotatable bonds is 5. The molecule has 0 fully saturated rings. The Kier molecular flexibility index (Phi) is 4.94. The van der Waals surface area contributed by atoms with Crippen LogP contribution < -0.4 is 5.73 Å². The van der Waals surface area contributed by atoms with Gasteiger partial charge in [0.2, 0.25) is 5.91 Å². The Labute approximate surface area is 114 Å². The molecule has 0 aliphatic heterocycles. The summed E-state index contributed by atoms with van der Waals surface area (Å²) in [6.45, 7) is 4.05. The number of carbonyl (C=O) groups excluding carboxylic acids is 1. The summed E-state index contributed by atoms with van der Waals surface area (Å²) in [7, 11) is -3.37. The van der Waals surface area contributed by atoms with Crippen LogP contribution >= 0.6 is 0 Å². The van der Waals surface area contributed by atoms with E-state index in [2.05, 4.69) is 0 Å². The van der Waals surface area contributed by atoms with Gasteiger partial charge < -0.3 is 10.6 Å². The molecule has 0 aromatic heterocycles. The number of nitrogens with two attached hydrogens (primary N) is 1. The lowest BCUT2D eigenvalue weighted by molar-refractivity contribution is -0.130. The zero-order chi connectivity index (χ0) is 14.6. The summed E-state index contributed by atoms with van der Waals surface area (Å²) in [6, 6.07) is 7.21. The van der Waals surface area contributed by atoms with E-state index < -0.39 is 15.1 Å². The molecule has 1 rings (SSSR count). The summed E-state index contributed by atoms with van der Waals surface area (Å²) >= 11 is 0. The van der Waals surface area contributed by atoms with E-state index in [1.54, 1.807) is 12.1 Å². The van der Waals surface area contributed by atoms with Crippen LogP contribution in [0.1, 0.15) is 19.4 Å². The van der Waals surface area contributed by atoms with Gasteiger partial charge in [0.1, 0.15) is 5.25 Å². The van der Waals surface area contributed by atoms with Crippen LogP contribution in [-0.2, 0) is 21.2 Å². The Hall–Kier alpha value is -1.56. The highest BCUT2D eigenvalue weighted by Gasteiger charge is 2.27. The first kappa shape index (κ1) is 15.5. The first-order valence-electron chi connectivity index (χ1n) is 6.07. The molecule has 0 aliphatic rings. The summed E-state index contributed by atoms with van der Waals surface area (Å²) in [5.41, 5.74) is 7.19. The van der Waals surface area contributed by atoms with Gasteiger partial charge in [-0.2, -0.15) is 0 Å². The van der Waals surface area contributed by atoms with Crippen molar-refractivity contribution in [2.45, 2.75) is 25.6 Å². The molecule has 6 heteroatoms. The molecule has 1 aromatic carbocycles. The van der Waals surface area contributed by atoms with Crippen molar-refractivity contribution < 1.29 is 13.2 Å². The van der Waals surface area contributed by atoms with Gasteiger partial charge in [0.25, 0.3) is 0 Å². The first-order chi connectivity index (χ1) is 8.75. The Balaban J connectivity index is 2.87. The van der Waals surface area contributed by atoms with Gasteiger partial charge in [0.05, 0.1) is 0 Å². The van der Waals surface area contributed by atoms with E-state index in [0.717, 1.165) is 11.8 Å². The number of benzene rings is 1. The summed E-state index contributed by atoms with van der Waals surface area (Å²) in [6.07, 6.45) is 1.07. The number of sulfone groups is 1. The maximum absolute atomic E-state index is 12.1. The second kappa shape index (κ2) is 6.06. The van der Waals surface area contributed by atoms with Gasteiger partial charge in [0, 0.05) is 25.0 Å². The Morgan fingerprint density at radius 1 is 1.42 bits per heavy atom. The minimum Gasteiger partial charge on any atom is -0.399 e. The summed E-state index contributed by atoms with van der Waals surface area (Å²) in [5, 5.41) is -1.02. The van der Waals surface area contributed by atoms with Crippen LogP contribution in [0, 0.1) is 0 Å². The second-order valence-electron chi connectivity index (χ2n) is 4.57. The fourth-order valence-electron chi connectivity index (χ4n) is 1.70. The largest absolute Gasteiger partial charge is 0.399 e. The Morgan fingerprint density at radius 3 is 2.53 bits per heavy atom. The van der Waals surface area contributed by atoms with Gasteiger partial charge in [-0.05, 0) is 31.5 Å². The van der Waals surface area contributed by atoms with E-state index in [4.69, 9.17) is 5.73 Å². The summed E-state index contributed by atoms with van der Waals surface area (Å²) in [5.74, 6) is -0.382. The minimum absolute atomic E-state index is 0.361. The van der Waals surface area contributed by atoms with Gasteiger partial charge in [-0.1, -0.05) is 12.1 Å². The number of nitrogen functional groups attached to an aromatic ring is 1. The van der Waals surface area contributed by atoms with Gasteiger partial charge in [-0.3, -0.25) is 4.79 Å². The van der Waals surface area contributed by atoms with E-state index >= 15 is 0 Å². The van der Waals surface area contributed by atoms with Crippen molar-refractivity contribution in [3.05, 3.63) is 29.8 Å². The average molecular weight is 284 g/mol. The molecule has 19 heavy (non-hydrogen) atoms. The quantitative estimate of drug-likeness (QED) is 0.820. The molecule has 0 saturated carbocycles. The lowest BCUT2D eigenvalue weighted by Crippen LogP contribution is -2.40. The topological polar surface area (TPSA) is 80.5 Å². The molecule has 1 aromatic rings. The van der Waals surface area contributed by atoms with E-state index in [9.17, 15) is 13.2 Å². The second-order valence-corrected chi connectivity index (χ2v) is 6.94. The smallest absolute Gasteiger partial charge is 0.240 e. The van der Waals surface area contributed by atoms with Gasteiger partial charge in [-0.25, -0.2) is 8.42 Å². The van der Waals surface area contributed by atoms with E-state index in [0.29, 0.717) is 18.8 Å². The molecule has 5 nitrogen and oxygen atoms in total. The van der Waals surface area contributed by atoms with Gasteiger partial charge in [0.15, 0.2) is 9.84 Å². The molecular formula is C13H20N2O3S. The van der Waals surface area contributed by atoms with Crippen molar-refractivity contribution in [1.82, 2.24) is 4.90 Å². The van der Waals surface area contributed by atoms with Crippen molar-refractivity contribution in [2.24, 2.45) is 0 Å². The lowest BCUT2D eigenvalue weighted by Gasteiger charge is -2.24. The maximum atomic E-state index is 12.1. The molecular weight excluding hydrogens is 264 g/mol. The number of hydrogen-bond donors (Lipinski definition) is 1. The zero-order valence-electron chi connectivity index (χ0n) is 11.5. The van der Waals surface area contributed by atoms with Crippen molar-refractivity contribution in [3.8, 4) is 0 Å². The molecule has 2 N–H and O–H groups in total. The molecule has 1 unspecified atom stereocenters. The highest BCUT2D eigenvalue weighted by molar-refractivity contribution is 7.92. The average Bonchev–Trinajstić information content (AvgIpc) is 2.33. The van der Waals surface area contributed by atoms with E-state index in [1.807, 2.05) is 19.1 Å².